The third-order valence-electron chi connectivity index (χ3n) is 5.19. The van der Waals surface area contributed by atoms with Crippen LogP contribution in [0.1, 0.15) is 57.4 Å². The van der Waals surface area contributed by atoms with Gasteiger partial charge in [-0.3, -0.25) is 4.79 Å². The van der Waals surface area contributed by atoms with Gasteiger partial charge in [-0.15, -0.1) is 0 Å². The van der Waals surface area contributed by atoms with Gasteiger partial charge in [0.15, 0.2) is 0 Å². The van der Waals surface area contributed by atoms with Crippen LogP contribution in [0.4, 0.5) is 5.69 Å². The van der Waals surface area contributed by atoms with Crippen molar-refractivity contribution in [1.29, 1.82) is 0 Å². The second-order valence-electron chi connectivity index (χ2n) is 6.81. The summed E-state index contributed by atoms with van der Waals surface area (Å²) in [5, 5.41) is 0. The maximum absolute atomic E-state index is 11.9. The number of anilines is 1. The molecule has 21 heavy (non-hydrogen) atoms. The van der Waals surface area contributed by atoms with Gasteiger partial charge in [-0.25, -0.2) is 0 Å². The molecule has 3 aliphatic rings. The average Bonchev–Trinajstić information content (AvgIpc) is 2.54. The van der Waals surface area contributed by atoms with Gasteiger partial charge >= 0.3 is 0 Å². The van der Waals surface area contributed by atoms with Gasteiger partial charge in [0.2, 0.25) is 0 Å². The molecule has 1 aliphatic carbocycles. The van der Waals surface area contributed by atoms with E-state index in [0.717, 1.165) is 31.2 Å². The first-order valence-electron chi connectivity index (χ1n) is 8.63. The third kappa shape index (κ3) is 3.48. The number of hydrogen-bond acceptors (Lipinski definition) is 2. The third-order valence-corrected chi connectivity index (χ3v) is 5.19. The first-order valence-corrected chi connectivity index (χ1v) is 8.63. The van der Waals surface area contributed by atoms with Gasteiger partial charge in [0.05, 0.1) is 0 Å². The summed E-state index contributed by atoms with van der Waals surface area (Å²) in [5.41, 5.74) is 2.52. The van der Waals surface area contributed by atoms with Gasteiger partial charge < -0.3 is 4.90 Å². The Balaban J connectivity index is 1.60. The summed E-state index contributed by atoms with van der Waals surface area (Å²) in [6.07, 6.45) is 9.02. The van der Waals surface area contributed by atoms with Crippen LogP contribution in [0.15, 0.2) is 24.3 Å². The summed E-state index contributed by atoms with van der Waals surface area (Å²) >= 11 is 0. The van der Waals surface area contributed by atoms with Crippen LogP contribution >= 0.6 is 0 Å². The molecule has 2 heteroatoms. The molecule has 2 bridgehead atoms. The highest BCUT2D eigenvalue weighted by atomic mass is 16.1. The lowest BCUT2D eigenvalue weighted by atomic mass is 9.79. The molecule has 0 radical (unpaired) electrons. The number of piperidine rings is 2. The van der Waals surface area contributed by atoms with Gasteiger partial charge in [-0.2, -0.15) is 0 Å². The van der Waals surface area contributed by atoms with Crippen molar-refractivity contribution >= 4 is 11.5 Å². The second-order valence-corrected chi connectivity index (χ2v) is 6.81. The molecule has 1 aromatic carbocycles. The largest absolute Gasteiger partial charge is 0.368 e. The minimum Gasteiger partial charge on any atom is -0.368 e. The summed E-state index contributed by atoms with van der Waals surface area (Å²) in [4.78, 5) is 14.4. The van der Waals surface area contributed by atoms with Gasteiger partial charge in [0, 0.05) is 31.1 Å². The van der Waals surface area contributed by atoms with Crippen molar-refractivity contribution in [1.82, 2.24) is 0 Å². The molecule has 0 atom stereocenters. The highest BCUT2D eigenvalue weighted by Crippen LogP contribution is 2.37. The number of hydrogen-bond donors (Lipinski definition) is 0. The number of rotatable bonds is 6. The topological polar surface area (TPSA) is 20.3 Å². The molecule has 0 N–H and O–H groups in total. The fourth-order valence-corrected chi connectivity index (χ4v) is 3.88. The van der Waals surface area contributed by atoms with Crippen LogP contribution in [0.3, 0.4) is 0 Å². The van der Waals surface area contributed by atoms with E-state index < -0.39 is 0 Å². The summed E-state index contributed by atoms with van der Waals surface area (Å²) in [7, 11) is 0. The van der Waals surface area contributed by atoms with E-state index in [0.29, 0.717) is 12.2 Å². The Morgan fingerprint density at radius 1 is 1.14 bits per heavy atom. The van der Waals surface area contributed by atoms with Crippen molar-refractivity contribution in [2.75, 3.05) is 11.4 Å². The van der Waals surface area contributed by atoms with E-state index in [-0.39, 0.29) is 0 Å². The maximum atomic E-state index is 11.9. The lowest BCUT2D eigenvalue weighted by Gasteiger charge is -2.46. The number of carbonyl (C=O) groups excluding carboxylic acids is 1. The van der Waals surface area contributed by atoms with E-state index in [2.05, 4.69) is 36.1 Å². The van der Waals surface area contributed by atoms with Crippen molar-refractivity contribution in [3.05, 3.63) is 29.8 Å². The number of nitrogens with zero attached hydrogens (tertiary/aromatic N) is 1. The number of benzene rings is 1. The van der Waals surface area contributed by atoms with E-state index in [4.69, 9.17) is 0 Å². The Morgan fingerprint density at radius 3 is 2.43 bits per heavy atom. The van der Waals surface area contributed by atoms with E-state index in [1.165, 1.54) is 43.5 Å². The predicted octanol–water partition coefficient (Wildman–Crippen LogP) is 4.37. The van der Waals surface area contributed by atoms with Gasteiger partial charge in [-0.05, 0) is 55.7 Å². The van der Waals surface area contributed by atoms with Crippen molar-refractivity contribution in [2.24, 2.45) is 5.92 Å². The van der Waals surface area contributed by atoms with Crippen LogP contribution in [-0.4, -0.2) is 18.4 Å². The Labute approximate surface area is 128 Å². The van der Waals surface area contributed by atoms with Crippen molar-refractivity contribution in [2.45, 2.75) is 64.3 Å². The monoisotopic (exact) mass is 285 g/mol. The molecule has 3 fully saturated rings. The molecule has 2 aliphatic heterocycles. The maximum Gasteiger partial charge on any atom is 0.137 e. The van der Waals surface area contributed by atoms with E-state index in [1.54, 1.807) is 0 Å². The smallest absolute Gasteiger partial charge is 0.137 e. The quantitative estimate of drug-likeness (QED) is 0.773. The lowest BCUT2D eigenvalue weighted by Crippen LogP contribution is -2.48. The summed E-state index contributed by atoms with van der Waals surface area (Å²) in [6.45, 7) is 3.37. The number of Topliss-reactive ketones (excluding diaryl/α,β-unsaturated/α-hetero) is 1. The Hall–Kier alpha value is -1.31. The zero-order chi connectivity index (χ0) is 14.7. The summed E-state index contributed by atoms with van der Waals surface area (Å²) in [6, 6.07) is 9.52. The standard InChI is InChI=1S/C19H27NO/c1-2-3-4-19(21)13-15-5-9-17(10-6-15)20-14-16-7-11-18(20)12-8-16/h5-6,9-10,16,18H,2-4,7-8,11-14H2,1H3. The fraction of sp³-hybridized carbons (Fsp3) is 0.632. The molecule has 114 valence electrons. The number of ketones is 1. The molecule has 2 heterocycles. The van der Waals surface area contributed by atoms with Crippen LogP contribution < -0.4 is 4.90 Å². The molecule has 4 rings (SSSR count). The molecule has 2 saturated heterocycles. The Kier molecular flexibility index (Phi) is 4.62. The minimum atomic E-state index is 0.377. The summed E-state index contributed by atoms with van der Waals surface area (Å²) in [5.74, 6) is 1.28. The normalized spacial score (nSPS) is 24.3. The zero-order valence-electron chi connectivity index (χ0n) is 13.2. The highest BCUT2D eigenvalue weighted by molar-refractivity contribution is 5.80. The molecule has 0 aromatic heterocycles. The number of fused-ring (bicyclic) bond motifs is 3. The lowest BCUT2D eigenvalue weighted by molar-refractivity contribution is -0.118. The van der Waals surface area contributed by atoms with Gasteiger partial charge in [0.25, 0.3) is 0 Å². The molecule has 1 aromatic rings. The number of unbranched alkanes of at least 4 members (excludes halogenated alkanes) is 1. The molecular weight excluding hydrogens is 258 g/mol. The first-order chi connectivity index (χ1) is 10.3. The van der Waals surface area contributed by atoms with Crippen molar-refractivity contribution < 1.29 is 4.79 Å². The Morgan fingerprint density at radius 2 is 1.86 bits per heavy atom. The molecule has 0 amide bonds. The van der Waals surface area contributed by atoms with Crippen molar-refractivity contribution in [3.8, 4) is 0 Å². The zero-order valence-corrected chi connectivity index (χ0v) is 13.2. The highest BCUT2D eigenvalue weighted by Gasteiger charge is 2.33. The minimum absolute atomic E-state index is 0.377. The van der Waals surface area contributed by atoms with Gasteiger partial charge in [0.1, 0.15) is 5.78 Å². The van der Waals surface area contributed by atoms with E-state index in [1.807, 2.05) is 0 Å². The Bertz CT molecular complexity index is 471. The van der Waals surface area contributed by atoms with Crippen LogP contribution in [0.2, 0.25) is 0 Å². The first kappa shape index (κ1) is 14.6. The molecule has 0 spiro atoms. The summed E-state index contributed by atoms with van der Waals surface area (Å²) < 4.78 is 0. The number of carbonyl (C=O) groups is 1. The van der Waals surface area contributed by atoms with Crippen LogP contribution in [0.5, 0.6) is 0 Å². The van der Waals surface area contributed by atoms with E-state index in [9.17, 15) is 4.79 Å². The predicted molar refractivity (Wildman–Crippen MR) is 87.8 cm³/mol. The van der Waals surface area contributed by atoms with Crippen LogP contribution in [0, 0.1) is 5.92 Å². The SMILES string of the molecule is CCCCC(=O)Cc1ccc(N2CC3CCC2CC3)cc1. The van der Waals surface area contributed by atoms with E-state index >= 15 is 0 Å². The molecule has 2 nitrogen and oxygen atoms in total. The second kappa shape index (κ2) is 6.64. The molecular formula is C19H27NO. The van der Waals surface area contributed by atoms with Gasteiger partial charge in [-0.1, -0.05) is 25.5 Å². The molecule has 1 saturated carbocycles. The van der Waals surface area contributed by atoms with Crippen molar-refractivity contribution in [3.63, 3.8) is 0 Å². The fourth-order valence-electron chi connectivity index (χ4n) is 3.88. The van der Waals surface area contributed by atoms with Crippen LogP contribution in [0.25, 0.3) is 0 Å². The van der Waals surface area contributed by atoms with Crippen LogP contribution in [-0.2, 0) is 11.2 Å². The average molecular weight is 285 g/mol. The molecule has 0 unspecified atom stereocenters.